The molecule has 0 bridgehead atoms. The first-order valence-corrected chi connectivity index (χ1v) is 11.9. The molecule has 3 unspecified atom stereocenters. The molecule has 0 aliphatic carbocycles. The van der Waals surface area contributed by atoms with E-state index in [-0.39, 0.29) is 23.6 Å². The monoisotopic (exact) mass is 514 g/mol. The fraction of sp³-hybridized carbons (Fsp3) is 0.240. The third-order valence-electron chi connectivity index (χ3n) is 5.21. The molecule has 0 amide bonds. The zero-order valence-electron chi connectivity index (χ0n) is 19.5. The van der Waals surface area contributed by atoms with E-state index in [9.17, 15) is 23.7 Å². The Bertz CT molecular complexity index is 1200. The Morgan fingerprint density at radius 2 is 1.61 bits per heavy atom. The van der Waals surface area contributed by atoms with Gasteiger partial charge < -0.3 is 18.8 Å². The number of ether oxygens (including phenoxy) is 3. The molecule has 190 valence electrons. The van der Waals surface area contributed by atoms with E-state index in [1.54, 1.807) is 68.4 Å². The van der Waals surface area contributed by atoms with Crippen molar-refractivity contribution in [1.82, 2.24) is 0 Å². The standard InChI is InChI=1S/C25H25NO9S/c1-3-32-22-11-7-8-12-23(22)34-25(35-36(30)31,20-9-5-4-6-10-20)18(2)17-33-24(27)19-13-15-21(16-14-19)26(28)29/h4-16,18H,3,17H2,1-2H3,(H,30,31)/p-1. The van der Waals surface area contributed by atoms with Gasteiger partial charge in [-0.3, -0.25) is 14.3 Å². The summed E-state index contributed by atoms with van der Waals surface area (Å²) in [4.78, 5) is 22.9. The molecule has 3 rings (SSSR count). The van der Waals surface area contributed by atoms with Gasteiger partial charge in [-0.1, -0.05) is 49.4 Å². The molecule has 0 saturated heterocycles. The molecular formula is C25H24NO9S-. The molecule has 3 atom stereocenters. The van der Waals surface area contributed by atoms with Crippen molar-refractivity contribution in [3.63, 3.8) is 0 Å². The lowest BCUT2D eigenvalue weighted by Crippen LogP contribution is -2.45. The van der Waals surface area contributed by atoms with Gasteiger partial charge in [-0.05, 0) is 31.2 Å². The van der Waals surface area contributed by atoms with Gasteiger partial charge >= 0.3 is 5.97 Å². The van der Waals surface area contributed by atoms with Crippen molar-refractivity contribution in [2.45, 2.75) is 19.6 Å². The molecule has 0 saturated carbocycles. The van der Waals surface area contributed by atoms with Gasteiger partial charge in [0, 0.05) is 17.7 Å². The van der Waals surface area contributed by atoms with Crippen molar-refractivity contribution in [2.24, 2.45) is 5.92 Å². The number of esters is 1. The Balaban J connectivity index is 1.94. The maximum Gasteiger partial charge on any atom is 0.338 e. The van der Waals surface area contributed by atoms with Crippen molar-refractivity contribution in [3.8, 4) is 11.5 Å². The van der Waals surface area contributed by atoms with Crippen LogP contribution in [0.15, 0.2) is 78.9 Å². The van der Waals surface area contributed by atoms with E-state index in [1.807, 2.05) is 0 Å². The highest BCUT2D eigenvalue weighted by Gasteiger charge is 2.44. The van der Waals surface area contributed by atoms with Crippen molar-refractivity contribution in [1.29, 1.82) is 0 Å². The van der Waals surface area contributed by atoms with Gasteiger partial charge in [0.05, 0.1) is 34.4 Å². The Morgan fingerprint density at radius 1 is 1.00 bits per heavy atom. The number of carbonyl (C=O) groups is 1. The van der Waals surface area contributed by atoms with E-state index >= 15 is 0 Å². The van der Waals surface area contributed by atoms with E-state index in [2.05, 4.69) is 0 Å². The van der Waals surface area contributed by atoms with Crippen LogP contribution in [0.3, 0.4) is 0 Å². The molecular weight excluding hydrogens is 490 g/mol. The van der Waals surface area contributed by atoms with Gasteiger partial charge in [0.2, 0.25) is 0 Å². The Morgan fingerprint density at radius 3 is 2.19 bits per heavy atom. The highest BCUT2D eigenvalue weighted by Crippen LogP contribution is 2.41. The van der Waals surface area contributed by atoms with Crippen LogP contribution in [-0.2, 0) is 26.1 Å². The zero-order valence-corrected chi connectivity index (χ0v) is 20.3. The number of non-ortho nitro benzene ring substituents is 1. The second-order valence-electron chi connectivity index (χ2n) is 7.61. The molecule has 0 N–H and O–H groups in total. The average Bonchev–Trinajstić information content (AvgIpc) is 2.88. The fourth-order valence-corrected chi connectivity index (χ4v) is 3.95. The SMILES string of the molecule is CCOc1ccccc1OC(OS(=O)[O-])(c1ccccc1)C(C)COC(=O)c1ccc([N+](=O)[O-])cc1. The molecule has 0 spiro atoms. The van der Waals surface area contributed by atoms with Crippen LogP contribution in [0.2, 0.25) is 0 Å². The third-order valence-corrected chi connectivity index (χ3v) is 5.59. The summed E-state index contributed by atoms with van der Waals surface area (Å²) in [7, 11) is 0. The number of hydrogen-bond acceptors (Lipinski definition) is 9. The van der Waals surface area contributed by atoms with E-state index in [0.717, 1.165) is 0 Å². The molecule has 3 aromatic carbocycles. The smallest absolute Gasteiger partial charge is 0.338 e. The third kappa shape index (κ3) is 6.45. The highest BCUT2D eigenvalue weighted by molar-refractivity contribution is 7.74. The van der Waals surface area contributed by atoms with Crippen molar-refractivity contribution >= 4 is 23.0 Å². The molecule has 0 aliphatic heterocycles. The van der Waals surface area contributed by atoms with Crippen LogP contribution in [0.1, 0.15) is 29.8 Å². The summed E-state index contributed by atoms with van der Waals surface area (Å²) in [6.45, 7) is 3.44. The topological polar surface area (TPSA) is 137 Å². The lowest BCUT2D eigenvalue weighted by molar-refractivity contribution is -0.384. The molecule has 0 aliphatic rings. The minimum Gasteiger partial charge on any atom is -0.750 e. The van der Waals surface area contributed by atoms with Crippen LogP contribution >= 0.6 is 0 Å². The van der Waals surface area contributed by atoms with Gasteiger partial charge in [0.25, 0.3) is 11.5 Å². The van der Waals surface area contributed by atoms with E-state index in [1.165, 1.54) is 24.3 Å². The summed E-state index contributed by atoms with van der Waals surface area (Å²) in [5.74, 6) is -2.93. The predicted molar refractivity (Wildman–Crippen MR) is 129 cm³/mol. The summed E-state index contributed by atoms with van der Waals surface area (Å²) in [5.41, 5.74) is 0.282. The van der Waals surface area contributed by atoms with Gasteiger partial charge in [-0.2, -0.15) is 0 Å². The second-order valence-corrected chi connectivity index (χ2v) is 8.18. The van der Waals surface area contributed by atoms with Crippen molar-refractivity contribution in [3.05, 3.63) is 100 Å². The van der Waals surface area contributed by atoms with E-state index < -0.39 is 34.0 Å². The van der Waals surface area contributed by atoms with Crippen LogP contribution < -0.4 is 9.47 Å². The quantitative estimate of drug-likeness (QED) is 0.112. The minimum atomic E-state index is -3.02. The number of nitro groups is 1. The summed E-state index contributed by atoms with van der Waals surface area (Å²) < 4.78 is 46.3. The summed E-state index contributed by atoms with van der Waals surface area (Å²) in [6, 6.07) is 20.0. The number of benzene rings is 3. The second kappa shape index (κ2) is 12.2. The number of nitrogens with zero attached hydrogens (tertiary/aromatic N) is 1. The molecule has 36 heavy (non-hydrogen) atoms. The summed E-state index contributed by atoms with van der Waals surface area (Å²) in [6.07, 6.45) is 0. The predicted octanol–water partition coefficient (Wildman–Crippen LogP) is 4.53. The fourth-order valence-electron chi connectivity index (χ4n) is 3.45. The van der Waals surface area contributed by atoms with Crippen LogP contribution in [0.25, 0.3) is 0 Å². The lowest BCUT2D eigenvalue weighted by Gasteiger charge is -2.39. The van der Waals surface area contributed by atoms with Crippen LogP contribution in [0.4, 0.5) is 5.69 Å². The molecule has 0 heterocycles. The van der Waals surface area contributed by atoms with Gasteiger partial charge in [0.15, 0.2) is 11.5 Å². The Hall–Kier alpha value is -3.80. The zero-order chi connectivity index (χ0) is 26.1. The van der Waals surface area contributed by atoms with Gasteiger partial charge in [0.1, 0.15) is 6.61 Å². The number of para-hydroxylation sites is 2. The minimum absolute atomic E-state index is 0.0917. The number of nitro benzene ring substituents is 1. The van der Waals surface area contributed by atoms with Crippen LogP contribution in [-0.4, -0.2) is 32.9 Å². The molecule has 3 aromatic rings. The van der Waals surface area contributed by atoms with Crippen molar-refractivity contribution < 1.29 is 36.9 Å². The molecule has 0 aromatic heterocycles. The normalized spacial score (nSPS) is 14.2. The molecule has 0 fully saturated rings. The molecule has 0 radical (unpaired) electrons. The maximum absolute atomic E-state index is 12.6. The highest BCUT2D eigenvalue weighted by atomic mass is 32.2. The number of hydrogen-bond donors (Lipinski definition) is 0. The largest absolute Gasteiger partial charge is 0.750 e. The Kier molecular flexibility index (Phi) is 9.12. The average molecular weight is 515 g/mol. The van der Waals surface area contributed by atoms with E-state index in [4.69, 9.17) is 18.4 Å². The van der Waals surface area contributed by atoms with Gasteiger partial charge in [-0.25, -0.2) is 9.00 Å². The first-order chi connectivity index (χ1) is 17.3. The number of carbonyl (C=O) groups excluding carboxylic acids is 1. The van der Waals surface area contributed by atoms with Gasteiger partial charge in [-0.15, -0.1) is 0 Å². The lowest BCUT2D eigenvalue weighted by atomic mass is 9.93. The van der Waals surface area contributed by atoms with E-state index in [0.29, 0.717) is 17.9 Å². The first kappa shape index (κ1) is 26.8. The van der Waals surface area contributed by atoms with Crippen molar-refractivity contribution in [2.75, 3.05) is 13.2 Å². The molecule has 10 nitrogen and oxygen atoms in total. The summed E-state index contributed by atoms with van der Waals surface area (Å²) >= 11 is -3.02. The summed E-state index contributed by atoms with van der Waals surface area (Å²) in [5, 5.41) is 10.8. The number of rotatable bonds is 12. The van der Waals surface area contributed by atoms with Crippen LogP contribution in [0, 0.1) is 16.0 Å². The van der Waals surface area contributed by atoms with Crippen LogP contribution in [0.5, 0.6) is 11.5 Å². The first-order valence-electron chi connectivity index (χ1n) is 10.9. The Labute approximate surface area is 210 Å². The molecule has 11 heteroatoms. The maximum atomic E-state index is 12.6.